The fraction of sp³-hybridized carbons (Fsp3) is 0.286. The number of para-hydroxylation sites is 1. The van der Waals surface area contributed by atoms with Crippen LogP contribution in [0, 0.1) is 12.3 Å². The van der Waals surface area contributed by atoms with Gasteiger partial charge in [-0.05, 0) is 42.8 Å². The van der Waals surface area contributed by atoms with E-state index >= 15 is 0 Å². The number of anilines is 1. The highest BCUT2D eigenvalue weighted by atomic mass is 35.5. The average Bonchev–Trinajstić information content (AvgIpc) is 3.04. The number of carbonyl (C=O) groups is 1. The van der Waals surface area contributed by atoms with Crippen molar-refractivity contribution in [3.8, 4) is 12.3 Å². The summed E-state index contributed by atoms with van der Waals surface area (Å²) in [4.78, 5) is 16.3. The molecule has 8 heteroatoms. The van der Waals surface area contributed by atoms with Gasteiger partial charge in [0, 0.05) is 20.9 Å². The van der Waals surface area contributed by atoms with Gasteiger partial charge in [0.25, 0.3) is 0 Å². The second-order valence-corrected chi connectivity index (χ2v) is 10.5. The highest BCUT2D eigenvalue weighted by Crippen LogP contribution is 2.34. The molecule has 1 fully saturated rings. The molecule has 1 amide bonds. The first-order chi connectivity index (χ1) is 13.9. The monoisotopic (exact) mass is 448 g/mol. The van der Waals surface area contributed by atoms with Crippen molar-refractivity contribution in [1.29, 1.82) is 0 Å². The molecular weight excluding hydrogens is 428 g/mol. The largest absolute Gasteiger partial charge is 0.324 e. The molecule has 1 heterocycles. The van der Waals surface area contributed by atoms with Gasteiger partial charge in [0.1, 0.15) is 0 Å². The Hall–Kier alpha value is -1.98. The zero-order valence-corrected chi connectivity index (χ0v) is 18.1. The second-order valence-electron chi connectivity index (χ2n) is 6.77. The maximum absolute atomic E-state index is 12.7. The summed E-state index contributed by atoms with van der Waals surface area (Å²) in [5.74, 6) is 2.48. The Morgan fingerprint density at radius 2 is 1.97 bits per heavy atom. The molecule has 3 rings (SSSR count). The quantitative estimate of drug-likeness (QED) is 0.656. The van der Waals surface area contributed by atoms with Crippen LogP contribution < -0.4 is 5.32 Å². The maximum Gasteiger partial charge on any atom is 0.238 e. The Morgan fingerprint density at radius 1 is 1.24 bits per heavy atom. The molecule has 0 radical (unpaired) electrons. The van der Waals surface area contributed by atoms with E-state index in [9.17, 15) is 13.2 Å². The summed E-state index contributed by atoms with van der Waals surface area (Å²) >= 11 is 7.46. The third-order valence-corrected chi connectivity index (χ3v) is 7.65. The molecule has 0 bridgehead atoms. The van der Waals surface area contributed by atoms with E-state index in [1.54, 1.807) is 4.90 Å². The lowest BCUT2D eigenvalue weighted by atomic mass is 10.2. The van der Waals surface area contributed by atoms with Gasteiger partial charge < -0.3 is 5.32 Å². The molecule has 29 heavy (non-hydrogen) atoms. The average molecular weight is 449 g/mol. The van der Waals surface area contributed by atoms with Gasteiger partial charge in [-0.1, -0.05) is 41.4 Å². The first-order valence-electron chi connectivity index (χ1n) is 9.06. The Labute approximate surface area is 180 Å². The molecule has 1 aliphatic heterocycles. The van der Waals surface area contributed by atoms with Crippen LogP contribution >= 0.6 is 23.4 Å². The predicted molar refractivity (Wildman–Crippen MR) is 118 cm³/mol. The lowest BCUT2D eigenvalue weighted by molar-refractivity contribution is -0.117. The molecule has 1 unspecified atom stereocenters. The van der Waals surface area contributed by atoms with Gasteiger partial charge >= 0.3 is 0 Å². The zero-order valence-electron chi connectivity index (χ0n) is 15.7. The van der Waals surface area contributed by atoms with Crippen LogP contribution in [0.15, 0.2) is 58.3 Å². The van der Waals surface area contributed by atoms with Crippen molar-refractivity contribution in [3.05, 3.63) is 53.6 Å². The van der Waals surface area contributed by atoms with E-state index in [4.69, 9.17) is 18.0 Å². The molecule has 1 aliphatic rings. The van der Waals surface area contributed by atoms with E-state index in [1.807, 2.05) is 48.5 Å². The number of sulfone groups is 1. The number of carbonyl (C=O) groups excluding carboxylic acids is 1. The third-order valence-electron chi connectivity index (χ3n) is 4.57. The summed E-state index contributed by atoms with van der Waals surface area (Å²) in [6, 6.07) is 14.8. The lowest BCUT2D eigenvalue weighted by Crippen LogP contribution is -2.41. The maximum atomic E-state index is 12.7. The van der Waals surface area contributed by atoms with Crippen LogP contribution in [0.2, 0.25) is 5.02 Å². The molecule has 1 N–H and O–H groups in total. The predicted octanol–water partition coefficient (Wildman–Crippen LogP) is 3.55. The summed E-state index contributed by atoms with van der Waals surface area (Å²) in [5.41, 5.74) is 0.692. The van der Waals surface area contributed by atoms with Crippen LogP contribution in [0.5, 0.6) is 0 Å². The lowest BCUT2D eigenvalue weighted by Gasteiger charge is -2.25. The zero-order chi connectivity index (χ0) is 20.9. The number of nitrogens with zero attached hydrogens (tertiary/aromatic N) is 1. The van der Waals surface area contributed by atoms with Gasteiger partial charge in [0.05, 0.1) is 30.3 Å². The number of hydrogen-bond acceptors (Lipinski definition) is 5. The summed E-state index contributed by atoms with van der Waals surface area (Å²) in [7, 11) is -3.05. The molecule has 152 valence electrons. The summed E-state index contributed by atoms with van der Waals surface area (Å²) in [6.45, 7) is 0.277. The Morgan fingerprint density at radius 3 is 2.62 bits per heavy atom. The molecule has 1 atom stereocenters. The van der Waals surface area contributed by atoms with E-state index < -0.39 is 9.84 Å². The molecule has 5 nitrogen and oxygen atoms in total. The number of amides is 1. The van der Waals surface area contributed by atoms with Crippen molar-refractivity contribution < 1.29 is 13.2 Å². The van der Waals surface area contributed by atoms with Crippen LogP contribution in [0.4, 0.5) is 5.69 Å². The van der Waals surface area contributed by atoms with Crippen molar-refractivity contribution in [2.45, 2.75) is 22.3 Å². The van der Waals surface area contributed by atoms with Crippen molar-refractivity contribution in [3.63, 3.8) is 0 Å². The Balaban J connectivity index is 1.68. The minimum atomic E-state index is -3.05. The van der Waals surface area contributed by atoms with Crippen LogP contribution in [-0.2, 0) is 14.6 Å². The number of hydrogen-bond donors (Lipinski definition) is 1. The highest BCUT2D eigenvalue weighted by Gasteiger charge is 2.32. The summed E-state index contributed by atoms with van der Waals surface area (Å²) in [6.07, 6.45) is 5.93. The standard InChI is InChI=1S/C21H21ClN2O3S2/c1-2-12-24(17-11-13-29(26,27)15-17)14-21(25)23-19-5-3-4-6-20(19)28-18-9-7-16(22)8-10-18/h1,3-10,17H,11-15H2,(H,23,25). The molecule has 2 aromatic rings. The van der Waals surface area contributed by atoms with Gasteiger partial charge in [0.15, 0.2) is 9.84 Å². The molecule has 0 spiro atoms. The number of rotatable bonds is 7. The Kier molecular flexibility index (Phi) is 7.25. The molecule has 0 aromatic heterocycles. The van der Waals surface area contributed by atoms with Crippen molar-refractivity contribution in [2.75, 3.05) is 29.9 Å². The fourth-order valence-corrected chi connectivity index (χ4v) is 5.95. The molecule has 0 saturated carbocycles. The number of terminal acetylenes is 1. The van der Waals surface area contributed by atoms with Gasteiger partial charge in [-0.25, -0.2) is 8.42 Å². The smallest absolute Gasteiger partial charge is 0.238 e. The molecule has 1 saturated heterocycles. The summed E-state index contributed by atoms with van der Waals surface area (Å²) < 4.78 is 23.6. The first kappa shape index (κ1) is 21.7. The van der Waals surface area contributed by atoms with Crippen LogP contribution in [-0.4, -0.2) is 49.9 Å². The minimum Gasteiger partial charge on any atom is -0.324 e. The summed E-state index contributed by atoms with van der Waals surface area (Å²) in [5, 5.41) is 3.59. The van der Waals surface area contributed by atoms with Crippen molar-refractivity contribution in [2.24, 2.45) is 0 Å². The molecule has 2 aromatic carbocycles. The molecule has 0 aliphatic carbocycles. The number of halogens is 1. The van der Waals surface area contributed by atoms with Crippen LogP contribution in [0.1, 0.15) is 6.42 Å². The minimum absolute atomic E-state index is 0.0460. The van der Waals surface area contributed by atoms with E-state index in [2.05, 4.69) is 11.2 Å². The highest BCUT2D eigenvalue weighted by molar-refractivity contribution is 7.99. The van der Waals surface area contributed by atoms with E-state index in [0.29, 0.717) is 17.1 Å². The van der Waals surface area contributed by atoms with Crippen molar-refractivity contribution >= 4 is 44.8 Å². The molecular formula is C21H21ClN2O3S2. The van der Waals surface area contributed by atoms with Gasteiger partial charge in [-0.2, -0.15) is 0 Å². The topological polar surface area (TPSA) is 66.5 Å². The van der Waals surface area contributed by atoms with Crippen LogP contribution in [0.3, 0.4) is 0 Å². The SMILES string of the molecule is C#CCN(CC(=O)Nc1ccccc1Sc1ccc(Cl)cc1)C1CCS(=O)(=O)C1. The van der Waals surface area contributed by atoms with Crippen molar-refractivity contribution in [1.82, 2.24) is 4.90 Å². The van der Waals surface area contributed by atoms with Crippen LogP contribution in [0.25, 0.3) is 0 Å². The normalized spacial score (nSPS) is 17.8. The van der Waals surface area contributed by atoms with Gasteiger partial charge in [0.2, 0.25) is 5.91 Å². The van der Waals surface area contributed by atoms with E-state index in [1.165, 1.54) is 11.8 Å². The van der Waals surface area contributed by atoms with E-state index in [0.717, 1.165) is 9.79 Å². The van der Waals surface area contributed by atoms with Gasteiger partial charge in [-0.3, -0.25) is 9.69 Å². The number of benzene rings is 2. The van der Waals surface area contributed by atoms with Gasteiger partial charge in [-0.15, -0.1) is 6.42 Å². The number of nitrogens with one attached hydrogen (secondary N) is 1. The first-order valence-corrected chi connectivity index (χ1v) is 12.1. The fourth-order valence-electron chi connectivity index (χ4n) is 3.16. The third kappa shape index (κ3) is 6.25. The second kappa shape index (κ2) is 9.68. The Bertz CT molecular complexity index is 1020. The van der Waals surface area contributed by atoms with E-state index in [-0.39, 0.29) is 36.5 Å².